The third kappa shape index (κ3) is 2.59. The van der Waals surface area contributed by atoms with Gasteiger partial charge in [0.2, 0.25) is 0 Å². The van der Waals surface area contributed by atoms with E-state index < -0.39 is 0 Å². The molecule has 0 aromatic rings. The average Bonchev–Trinajstić information content (AvgIpc) is 1.76. The minimum atomic E-state index is 0.372. The molecular formula is C7H14OS. The van der Waals surface area contributed by atoms with Gasteiger partial charge in [-0.25, -0.2) is 0 Å². The van der Waals surface area contributed by atoms with Crippen LogP contribution in [0.25, 0.3) is 0 Å². The van der Waals surface area contributed by atoms with Crippen molar-refractivity contribution in [1.29, 1.82) is 0 Å². The zero-order valence-electron chi connectivity index (χ0n) is 5.68. The van der Waals surface area contributed by atoms with Gasteiger partial charge in [-0.3, -0.25) is 0 Å². The lowest BCUT2D eigenvalue weighted by Crippen LogP contribution is -2.14. The van der Waals surface area contributed by atoms with Gasteiger partial charge in [0.05, 0.1) is 0 Å². The van der Waals surface area contributed by atoms with Crippen molar-refractivity contribution in [3.63, 3.8) is 0 Å². The number of rotatable bonds is 4. The van der Waals surface area contributed by atoms with Gasteiger partial charge in [-0.1, -0.05) is 6.42 Å². The maximum atomic E-state index is 8.46. The summed E-state index contributed by atoms with van der Waals surface area (Å²) in [5.74, 6) is 1.36. The zero-order chi connectivity index (χ0) is 6.53. The number of unbranched alkanes of at least 4 members (excludes halogenated alkanes) is 1. The summed E-state index contributed by atoms with van der Waals surface area (Å²) in [5.41, 5.74) is 0. The van der Waals surface area contributed by atoms with Crippen molar-refractivity contribution >= 4 is 11.8 Å². The van der Waals surface area contributed by atoms with Crippen LogP contribution in [-0.4, -0.2) is 22.7 Å². The highest BCUT2D eigenvalue weighted by Crippen LogP contribution is 2.31. The maximum Gasteiger partial charge on any atom is 0.0431 e. The van der Waals surface area contributed by atoms with Gasteiger partial charge in [0.25, 0.3) is 0 Å². The lowest BCUT2D eigenvalue weighted by Gasteiger charge is -2.24. The Hall–Kier alpha value is 0.310. The van der Waals surface area contributed by atoms with Crippen LogP contribution in [0.4, 0.5) is 0 Å². The average molecular weight is 146 g/mol. The van der Waals surface area contributed by atoms with Crippen LogP contribution in [0.2, 0.25) is 0 Å². The van der Waals surface area contributed by atoms with E-state index in [-0.39, 0.29) is 0 Å². The van der Waals surface area contributed by atoms with Crippen LogP contribution < -0.4 is 0 Å². The highest BCUT2D eigenvalue weighted by atomic mass is 32.2. The largest absolute Gasteiger partial charge is 0.396 e. The zero-order valence-corrected chi connectivity index (χ0v) is 6.49. The molecule has 2 heteroatoms. The molecule has 1 saturated heterocycles. The molecule has 0 aromatic carbocycles. The molecule has 0 saturated carbocycles. The Kier molecular flexibility index (Phi) is 3.44. The van der Waals surface area contributed by atoms with Crippen LogP contribution >= 0.6 is 11.8 Å². The maximum absolute atomic E-state index is 8.46. The lowest BCUT2D eigenvalue weighted by molar-refractivity contribution is 0.282. The van der Waals surface area contributed by atoms with E-state index in [1.165, 1.54) is 25.0 Å². The fourth-order valence-electron chi connectivity index (χ4n) is 0.996. The van der Waals surface area contributed by atoms with E-state index in [9.17, 15) is 0 Å². The Bertz CT molecular complexity index is 71.3. The predicted molar refractivity (Wildman–Crippen MR) is 41.8 cm³/mol. The van der Waals surface area contributed by atoms with Gasteiger partial charge < -0.3 is 5.11 Å². The fraction of sp³-hybridized carbons (Fsp3) is 1.00. The summed E-state index contributed by atoms with van der Waals surface area (Å²) in [7, 11) is 0. The second kappa shape index (κ2) is 4.18. The lowest BCUT2D eigenvalue weighted by atomic mass is 10.1. The minimum Gasteiger partial charge on any atom is -0.396 e. The number of aliphatic hydroxyl groups excluding tert-OH is 1. The molecule has 0 spiro atoms. The first-order valence-electron chi connectivity index (χ1n) is 3.66. The van der Waals surface area contributed by atoms with Crippen LogP contribution in [0.5, 0.6) is 0 Å². The topological polar surface area (TPSA) is 20.2 Å². The molecule has 9 heavy (non-hydrogen) atoms. The summed E-state index contributed by atoms with van der Waals surface area (Å²) >= 11 is 2.07. The summed E-state index contributed by atoms with van der Waals surface area (Å²) in [5, 5.41) is 9.40. The van der Waals surface area contributed by atoms with E-state index in [2.05, 4.69) is 11.8 Å². The number of aliphatic hydroxyl groups is 1. The van der Waals surface area contributed by atoms with Crippen molar-refractivity contribution in [1.82, 2.24) is 0 Å². The molecule has 0 radical (unpaired) electrons. The van der Waals surface area contributed by atoms with Crippen molar-refractivity contribution in [2.45, 2.75) is 30.9 Å². The number of hydrogen-bond acceptors (Lipinski definition) is 2. The van der Waals surface area contributed by atoms with Crippen molar-refractivity contribution in [2.75, 3.05) is 12.4 Å². The molecule has 0 aromatic heterocycles. The van der Waals surface area contributed by atoms with E-state index >= 15 is 0 Å². The minimum absolute atomic E-state index is 0.372. The normalized spacial score (nSPS) is 25.7. The molecule has 1 aliphatic rings. The van der Waals surface area contributed by atoms with E-state index in [0.717, 1.165) is 11.7 Å². The quantitative estimate of drug-likeness (QED) is 0.609. The summed E-state index contributed by atoms with van der Waals surface area (Å²) in [6.07, 6.45) is 4.95. The van der Waals surface area contributed by atoms with E-state index in [4.69, 9.17) is 5.11 Å². The molecule has 1 N–H and O–H groups in total. The number of thioether (sulfide) groups is 1. The smallest absolute Gasteiger partial charge is 0.0431 e. The van der Waals surface area contributed by atoms with Gasteiger partial charge >= 0.3 is 0 Å². The second-order valence-corrected chi connectivity index (χ2v) is 3.91. The molecule has 1 nitrogen and oxygen atoms in total. The monoisotopic (exact) mass is 146 g/mol. The van der Waals surface area contributed by atoms with Crippen LogP contribution in [0.3, 0.4) is 0 Å². The molecule has 1 fully saturated rings. The third-order valence-electron chi connectivity index (χ3n) is 1.73. The fourth-order valence-corrected chi connectivity index (χ4v) is 1.90. The summed E-state index contributed by atoms with van der Waals surface area (Å²) in [6, 6.07) is 0. The summed E-state index contributed by atoms with van der Waals surface area (Å²) in [4.78, 5) is 0. The van der Waals surface area contributed by atoms with Crippen molar-refractivity contribution < 1.29 is 5.11 Å². The second-order valence-electron chi connectivity index (χ2n) is 2.50. The van der Waals surface area contributed by atoms with E-state index in [1.807, 2.05) is 0 Å². The predicted octanol–water partition coefficient (Wildman–Crippen LogP) is 1.65. The Morgan fingerprint density at radius 1 is 1.44 bits per heavy atom. The standard InChI is InChI=1S/C7H14OS/c8-5-2-1-3-7-4-6-9-7/h7-8H,1-6H2. The molecule has 0 amide bonds. The van der Waals surface area contributed by atoms with Gasteiger partial charge in [-0.2, -0.15) is 11.8 Å². The first kappa shape index (κ1) is 7.42. The molecule has 1 aliphatic heterocycles. The van der Waals surface area contributed by atoms with Crippen LogP contribution in [0, 0.1) is 0 Å². The summed E-state index contributed by atoms with van der Waals surface area (Å²) in [6.45, 7) is 0.372. The third-order valence-corrected chi connectivity index (χ3v) is 3.14. The van der Waals surface area contributed by atoms with Gasteiger partial charge in [-0.15, -0.1) is 0 Å². The van der Waals surface area contributed by atoms with Crippen molar-refractivity contribution in [3.05, 3.63) is 0 Å². The Labute approximate surface area is 60.8 Å². The molecule has 54 valence electrons. The highest BCUT2D eigenvalue weighted by molar-refractivity contribution is 8.01. The van der Waals surface area contributed by atoms with Crippen LogP contribution in [-0.2, 0) is 0 Å². The van der Waals surface area contributed by atoms with Gasteiger partial charge in [0, 0.05) is 11.9 Å². The molecule has 1 unspecified atom stereocenters. The van der Waals surface area contributed by atoms with Gasteiger partial charge in [0.15, 0.2) is 0 Å². The number of hydrogen-bond donors (Lipinski definition) is 1. The molecule has 1 heterocycles. The highest BCUT2D eigenvalue weighted by Gasteiger charge is 2.16. The molecule has 0 bridgehead atoms. The molecule has 0 aliphatic carbocycles. The van der Waals surface area contributed by atoms with Crippen LogP contribution in [0.1, 0.15) is 25.7 Å². The Morgan fingerprint density at radius 3 is 2.67 bits per heavy atom. The molecule has 1 atom stereocenters. The summed E-state index contributed by atoms with van der Waals surface area (Å²) < 4.78 is 0. The first-order valence-corrected chi connectivity index (χ1v) is 4.71. The first-order chi connectivity index (χ1) is 4.43. The molecular weight excluding hydrogens is 132 g/mol. The Morgan fingerprint density at radius 2 is 2.22 bits per heavy atom. The van der Waals surface area contributed by atoms with Crippen molar-refractivity contribution in [2.24, 2.45) is 0 Å². The van der Waals surface area contributed by atoms with E-state index in [1.54, 1.807) is 0 Å². The Balaban J connectivity index is 1.80. The van der Waals surface area contributed by atoms with E-state index in [0.29, 0.717) is 6.61 Å². The SMILES string of the molecule is OCCCCC1CCS1. The molecule has 1 rings (SSSR count). The van der Waals surface area contributed by atoms with Gasteiger partial charge in [-0.05, 0) is 25.0 Å². The van der Waals surface area contributed by atoms with Crippen LogP contribution in [0.15, 0.2) is 0 Å². The van der Waals surface area contributed by atoms with Crippen molar-refractivity contribution in [3.8, 4) is 0 Å². The van der Waals surface area contributed by atoms with Gasteiger partial charge in [0.1, 0.15) is 0 Å².